The Morgan fingerprint density at radius 2 is 1.95 bits per heavy atom. The molecule has 1 aliphatic rings. The molecule has 0 aliphatic heterocycles. The fraction of sp³-hybridized carbons (Fsp3) is 0.500. The zero-order chi connectivity index (χ0) is 16.1. The van der Waals surface area contributed by atoms with Crippen LogP contribution in [0.5, 0.6) is 0 Å². The van der Waals surface area contributed by atoms with E-state index in [2.05, 4.69) is 10.2 Å². The summed E-state index contributed by atoms with van der Waals surface area (Å²) in [4.78, 5) is 0. The highest BCUT2D eigenvalue weighted by Gasteiger charge is 2.31. The van der Waals surface area contributed by atoms with Gasteiger partial charge in [0.2, 0.25) is 5.03 Å². The molecule has 0 fully saturated rings. The number of nitrogens with zero attached hydrogens (tertiary/aromatic N) is 4. The molecule has 2 heterocycles. The Balaban J connectivity index is 1.98. The number of hydrogen-bond donors (Lipinski definition) is 0. The second kappa shape index (κ2) is 4.83. The maximum Gasteiger partial charge on any atom is 0.408 e. The molecule has 3 rings (SSSR count). The molecular formula is C12H13F3N4O2S. The van der Waals surface area contributed by atoms with E-state index in [-0.39, 0.29) is 5.56 Å². The van der Waals surface area contributed by atoms with Crippen molar-refractivity contribution < 1.29 is 21.6 Å². The van der Waals surface area contributed by atoms with Crippen LogP contribution in [0.25, 0.3) is 0 Å². The first-order valence-electron chi connectivity index (χ1n) is 6.60. The van der Waals surface area contributed by atoms with E-state index in [1.54, 1.807) is 0 Å². The highest BCUT2D eigenvalue weighted by Crippen LogP contribution is 2.24. The number of alkyl halides is 3. The van der Waals surface area contributed by atoms with E-state index < -0.39 is 27.8 Å². The third kappa shape index (κ3) is 2.62. The number of rotatable bonds is 3. The third-order valence-corrected chi connectivity index (χ3v) is 5.02. The Morgan fingerprint density at radius 1 is 1.23 bits per heavy atom. The molecule has 10 heteroatoms. The van der Waals surface area contributed by atoms with Crippen molar-refractivity contribution in [2.45, 2.75) is 43.9 Å². The van der Waals surface area contributed by atoms with Gasteiger partial charge in [-0.05, 0) is 31.7 Å². The molecule has 0 amide bonds. The van der Waals surface area contributed by atoms with Crippen LogP contribution < -0.4 is 0 Å². The molecule has 2 aromatic rings. The Bertz CT molecular complexity index is 799. The molecule has 0 aromatic carbocycles. The number of hydrogen-bond acceptors (Lipinski definition) is 4. The summed E-state index contributed by atoms with van der Waals surface area (Å²) >= 11 is 0. The van der Waals surface area contributed by atoms with E-state index >= 15 is 0 Å². The van der Waals surface area contributed by atoms with E-state index in [4.69, 9.17) is 0 Å². The van der Waals surface area contributed by atoms with Gasteiger partial charge >= 0.3 is 16.2 Å². The van der Waals surface area contributed by atoms with Crippen molar-refractivity contribution in [2.75, 3.05) is 0 Å². The summed E-state index contributed by atoms with van der Waals surface area (Å²) in [6, 6.07) is 0. The predicted molar refractivity (Wildman–Crippen MR) is 69.9 cm³/mol. The fourth-order valence-corrected chi connectivity index (χ4v) is 3.84. The van der Waals surface area contributed by atoms with Gasteiger partial charge in [-0.15, -0.1) is 0 Å². The minimum Gasteiger partial charge on any atom is -0.262 e. The van der Waals surface area contributed by atoms with Crippen LogP contribution in [0.15, 0.2) is 17.4 Å². The molecule has 0 saturated carbocycles. The predicted octanol–water partition coefficient (Wildman–Crippen LogP) is 1.68. The van der Waals surface area contributed by atoms with Gasteiger partial charge in [-0.25, -0.2) is 0 Å². The monoisotopic (exact) mass is 334 g/mol. The Kier molecular flexibility index (Phi) is 3.31. The highest BCUT2D eigenvalue weighted by molar-refractivity contribution is 7.89. The van der Waals surface area contributed by atoms with Crippen LogP contribution in [-0.2, 0) is 29.4 Å². The number of aromatic nitrogens is 4. The van der Waals surface area contributed by atoms with Gasteiger partial charge in [-0.1, -0.05) is 0 Å². The number of fused-ring (bicyclic) bond motifs is 1. The van der Waals surface area contributed by atoms with Crippen molar-refractivity contribution in [1.82, 2.24) is 19.0 Å². The lowest BCUT2D eigenvalue weighted by atomic mass is 10.3. The molecular weight excluding hydrogens is 321 g/mol. The Morgan fingerprint density at radius 3 is 2.59 bits per heavy atom. The molecule has 0 saturated heterocycles. The summed E-state index contributed by atoms with van der Waals surface area (Å²) in [5.41, 5.74) is 1.73. The normalized spacial score (nSPS) is 15.3. The fourth-order valence-electron chi connectivity index (χ4n) is 2.52. The lowest BCUT2D eigenvalue weighted by Gasteiger charge is -2.05. The third-order valence-electron chi connectivity index (χ3n) is 3.45. The quantitative estimate of drug-likeness (QED) is 0.856. The minimum atomic E-state index is -4.47. The smallest absolute Gasteiger partial charge is 0.262 e. The SMILES string of the molecule is Cc1cn(CC(F)(F)F)nc1S(=O)(=O)n1cc2c(n1)CCC2. The molecule has 0 spiro atoms. The lowest BCUT2D eigenvalue weighted by molar-refractivity contribution is -0.142. The zero-order valence-corrected chi connectivity index (χ0v) is 12.4. The minimum absolute atomic E-state index is 0.153. The van der Waals surface area contributed by atoms with E-state index in [1.165, 1.54) is 13.1 Å². The van der Waals surface area contributed by atoms with Crippen LogP contribution in [0.1, 0.15) is 23.2 Å². The van der Waals surface area contributed by atoms with Gasteiger partial charge < -0.3 is 0 Å². The molecule has 0 radical (unpaired) electrons. The standard InChI is InChI=1S/C12H13F3N4O2S/c1-8-5-18(7-12(13,14)15)17-11(8)22(20,21)19-6-9-3-2-4-10(9)16-19/h5-6H,2-4,7H2,1H3. The summed E-state index contributed by atoms with van der Waals surface area (Å²) in [7, 11) is -4.08. The lowest BCUT2D eigenvalue weighted by Crippen LogP contribution is -2.19. The molecule has 6 nitrogen and oxygen atoms in total. The van der Waals surface area contributed by atoms with E-state index in [0.29, 0.717) is 11.1 Å². The van der Waals surface area contributed by atoms with Crippen LogP contribution >= 0.6 is 0 Å². The van der Waals surface area contributed by atoms with Gasteiger partial charge in [0.15, 0.2) is 0 Å². The van der Waals surface area contributed by atoms with Crippen LogP contribution in [0, 0.1) is 6.92 Å². The molecule has 1 aliphatic carbocycles. The van der Waals surface area contributed by atoms with Crippen molar-refractivity contribution in [2.24, 2.45) is 0 Å². The molecule has 22 heavy (non-hydrogen) atoms. The highest BCUT2D eigenvalue weighted by atomic mass is 32.2. The van der Waals surface area contributed by atoms with Crippen molar-refractivity contribution >= 4 is 10.0 Å². The van der Waals surface area contributed by atoms with Crippen molar-refractivity contribution in [3.8, 4) is 0 Å². The topological polar surface area (TPSA) is 69.8 Å². The van der Waals surface area contributed by atoms with E-state index in [0.717, 1.165) is 34.4 Å². The summed E-state index contributed by atoms with van der Waals surface area (Å²) in [6.45, 7) is 0.0723. The molecule has 120 valence electrons. The molecule has 2 aromatic heterocycles. The average molecular weight is 334 g/mol. The maximum absolute atomic E-state index is 12.5. The Labute approximate surface area is 124 Å². The second-order valence-electron chi connectivity index (χ2n) is 5.26. The first kappa shape index (κ1) is 15.1. The molecule has 0 unspecified atom stereocenters. The van der Waals surface area contributed by atoms with Gasteiger partial charge in [0.05, 0.1) is 5.69 Å². The summed E-state index contributed by atoms with van der Waals surface area (Å²) in [5.74, 6) is 0. The molecule has 0 N–H and O–H groups in total. The van der Waals surface area contributed by atoms with E-state index in [1.807, 2.05) is 0 Å². The van der Waals surface area contributed by atoms with Gasteiger partial charge in [-0.3, -0.25) is 4.68 Å². The summed E-state index contributed by atoms with van der Waals surface area (Å²) < 4.78 is 63.5. The first-order chi connectivity index (χ1) is 10.2. The average Bonchev–Trinajstić information content (AvgIpc) is 3.00. The van der Waals surface area contributed by atoms with Crippen LogP contribution in [0.2, 0.25) is 0 Å². The van der Waals surface area contributed by atoms with Crippen LogP contribution in [-0.4, -0.2) is 33.6 Å². The summed E-state index contributed by atoms with van der Waals surface area (Å²) in [6.07, 6.45) is 0.410. The number of halogens is 3. The molecule has 0 bridgehead atoms. The summed E-state index contributed by atoms with van der Waals surface area (Å²) in [5, 5.41) is 7.19. The van der Waals surface area contributed by atoms with Crippen LogP contribution in [0.3, 0.4) is 0 Å². The zero-order valence-electron chi connectivity index (χ0n) is 11.6. The van der Waals surface area contributed by atoms with Crippen molar-refractivity contribution in [1.29, 1.82) is 0 Å². The second-order valence-corrected chi connectivity index (χ2v) is 6.97. The maximum atomic E-state index is 12.5. The van der Waals surface area contributed by atoms with Gasteiger partial charge in [-0.2, -0.15) is 35.9 Å². The molecule has 0 atom stereocenters. The van der Waals surface area contributed by atoms with Gasteiger partial charge in [0.25, 0.3) is 0 Å². The number of aryl methyl sites for hydroxylation is 3. The first-order valence-corrected chi connectivity index (χ1v) is 8.04. The Hall–Kier alpha value is -1.84. The van der Waals surface area contributed by atoms with Crippen LogP contribution in [0.4, 0.5) is 13.2 Å². The largest absolute Gasteiger partial charge is 0.408 e. The van der Waals surface area contributed by atoms with E-state index in [9.17, 15) is 21.6 Å². The van der Waals surface area contributed by atoms with Gasteiger partial charge in [0, 0.05) is 18.0 Å². The van der Waals surface area contributed by atoms with Crippen molar-refractivity contribution in [3.05, 3.63) is 29.2 Å². The van der Waals surface area contributed by atoms with Gasteiger partial charge in [0.1, 0.15) is 6.54 Å². The van der Waals surface area contributed by atoms with Crippen molar-refractivity contribution in [3.63, 3.8) is 0 Å².